The molecular formula is C11H11N3O. The van der Waals surface area contributed by atoms with Crippen LogP contribution < -0.4 is 4.74 Å². The second kappa shape index (κ2) is 4.41. The molecule has 0 radical (unpaired) electrons. The van der Waals surface area contributed by atoms with Gasteiger partial charge in [-0.15, -0.1) is 0 Å². The molecule has 0 spiro atoms. The molecule has 0 saturated heterocycles. The maximum atomic E-state index is 5.06. The van der Waals surface area contributed by atoms with Crippen LogP contribution in [0.15, 0.2) is 41.7 Å². The van der Waals surface area contributed by atoms with Gasteiger partial charge in [0.15, 0.2) is 0 Å². The van der Waals surface area contributed by atoms with Gasteiger partial charge in [-0.05, 0) is 29.8 Å². The maximum Gasteiger partial charge on any atom is 0.226 e. The van der Waals surface area contributed by atoms with Crippen LogP contribution in [0.25, 0.3) is 0 Å². The molecule has 0 unspecified atom stereocenters. The normalized spacial score (nSPS) is 10.7. The zero-order valence-corrected chi connectivity index (χ0v) is 8.34. The van der Waals surface area contributed by atoms with Gasteiger partial charge in [0.25, 0.3) is 0 Å². The van der Waals surface area contributed by atoms with E-state index in [1.807, 2.05) is 24.3 Å². The van der Waals surface area contributed by atoms with E-state index in [0.29, 0.717) is 5.95 Å². The van der Waals surface area contributed by atoms with Gasteiger partial charge in [-0.25, -0.2) is 9.98 Å². The zero-order valence-electron chi connectivity index (χ0n) is 8.34. The van der Waals surface area contributed by atoms with E-state index in [1.54, 1.807) is 25.7 Å². The van der Waals surface area contributed by atoms with Crippen molar-refractivity contribution in [3.05, 3.63) is 42.2 Å². The highest BCUT2D eigenvalue weighted by molar-refractivity contribution is 5.81. The number of aromatic nitrogens is 2. The van der Waals surface area contributed by atoms with Crippen LogP contribution in [0, 0.1) is 0 Å². The molecule has 15 heavy (non-hydrogen) atoms. The summed E-state index contributed by atoms with van der Waals surface area (Å²) in [5.74, 6) is 1.44. The minimum atomic E-state index is 0.603. The molecule has 0 aliphatic rings. The number of nitrogens with one attached hydrogen (secondary N) is 1. The second-order valence-corrected chi connectivity index (χ2v) is 2.94. The van der Waals surface area contributed by atoms with Gasteiger partial charge in [0.2, 0.25) is 5.95 Å². The lowest BCUT2D eigenvalue weighted by Crippen LogP contribution is -1.84. The van der Waals surface area contributed by atoms with Crippen molar-refractivity contribution in [2.45, 2.75) is 0 Å². The van der Waals surface area contributed by atoms with Gasteiger partial charge >= 0.3 is 0 Å². The molecule has 2 rings (SSSR count). The van der Waals surface area contributed by atoms with E-state index in [9.17, 15) is 0 Å². The fourth-order valence-electron chi connectivity index (χ4n) is 1.15. The SMILES string of the molecule is COc1ccc(C=Nc2ncc[nH]2)cc1. The summed E-state index contributed by atoms with van der Waals surface area (Å²) in [6.07, 6.45) is 5.15. The fourth-order valence-corrected chi connectivity index (χ4v) is 1.15. The van der Waals surface area contributed by atoms with E-state index in [2.05, 4.69) is 15.0 Å². The molecule has 4 heteroatoms. The highest BCUT2D eigenvalue weighted by Gasteiger charge is 1.91. The molecule has 4 nitrogen and oxygen atoms in total. The topological polar surface area (TPSA) is 50.3 Å². The lowest BCUT2D eigenvalue weighted by molar-refractivity contribution is 0.415. The van der Waals surface area contributed by atoms with Crippen molar-refractivity contribution >= 4 is 12.2 Å². The predicted octanol–water partition coefficient (Wildman–Crippen LogP) is 2.17. The maximum absolute atomic E-state index is 5.06. The highest BCUT2D eigenvalue weighted by Crippen LogP contribution is 2.10. The number of aliphatic imine (C=N–C) groups is 1. The molecule has 76 valence electrons. The van der Waals surface area contributed by atoms with Crippen molar-refractivity contribution < 1.29 is 4.74 Å². The number of hydrogen-bond acceptors (Lipinski definition) is 3. The van der Waals surface area contributed by atoms with E-state index < -0.39 is 0 Å². The average Bonchev–Trinajstić information content (AvgIpc) is 2.80. The van der Waals surface area contributed by atoms with Crippen molar-refractivity contribution in [3.63, 3.8) is 0 Å². The molecule has 1 N–H and O–H groups in total. The van der Waals surface area contributed by atoms with E-state index in [0.717, 1.165) is 11.3 Å². The van der Waals surface area contributed by atoms with Crippen molar-refractivity contribution in [1.29, 1.82) is 0 Å². The van der Waals surface area contributed by atoms with Crippen LogP contribution in [0.1, 0.15) is 5.56 Å². The summed E-state index contributed by atoms with van der Waals surface area (Å²) < 4.78 is 5.06. The van der Waals surface area contributed by atoms with Crippen LogP contribution in [-0.2, 0) is 0 Å². The monoisotopic (exact) mass is 201 g/mol. The van der Waals surface area contributed by atoms with E-state index in [-0.39, 0.29) is 0 Å². The molecule has 0 saturated carbocycles. The van der Waals surface area contributed by atoms with Gasteiger partial charge in [0.1, 0.15) is 5.75 Å². The molecular weight excluding hydrogens is 190 g/mol. The Hall–Kier alpha value is -2.10. The van der Waals surface area contributed by atoms with E-state index in [4.69, 9.17) is 4.74 Å². The summed E-state index contributed by atoms with van der Waals surface area (Å²) in [4.78, 5) is 11.0. The van der Waals surface area contributed by atoms with Crippen LogP contribution in [0.4, 0.5) is 5.95 Å². The summed E-state index contributed by atoms with van der Waals surface area (Å²) in [5, 5.41) is 0. The average molecular weight is 201 g/mol. The number of methoxy groups -OCH3 is 1. The number of benzene rings is 1. The standard InChI is InChI=1S/C11H11N3O/c1-15-10-4-2-9(3-5-10)8-14-11-12-6-7-13-11/h2-8H,1H3,(H,12,13). The molecule has 0 atom stereocenters. The van der Waals surface area contributed by atoms with Crippen LogP contribution in [0.5, 0.6) is 5.75 Å². The molecule has 0 amide bonds. The largest absolute Gasteiger partial charge is 0.497 e. The molecule has 2 aromatic rings. The van der Waals surface area contributed by atoms with Crippen molar-refractivity contribution in [2.24, 2.45) is 4.99 Å². The quantitative estimate of drug-likeness (QED) is 0.773. The van der Waals surface area contributed by atoms with Crippen LogP contribution in [0.3, 0.4) is 0 Å². The lowest BCUT2D eigenvalue weighted by Gasteiger charge is -1.98. The summed E-state index contributed by atoms with van der Waals surface area (Å²) in [6, 6.07) is 7.66. The molecule has 0 fully saturated rings. The smallest absolute Gasteiger partial charge is 0.226 e. The summed E-state index contributed by atoms with van der Waals surface area (Å²) in [6.45, 7) is 0. The third-order valence-electron chi connectivity index (χ3n) is 1.94. The van der Waals surface area contributed by atoms with Crippen LogP contribution in [0.2, 0.25) is 0 Å². The molecule has 1 aromatic heterocycles. The zero-order chi connectivity index (χ0) is 10.5. The van der Waals surface area contributed by atoms with Crippen molar-refractivity contribution in [1.82, 2.24) is 9.97 Å². The molecule has 0 aliphatic carbocycles. The van der Waals surface area contributed by atoms with Gasteiger partial charge in [0.05, 0.1) is 7.11 Å². The lowest BCUT2D eigenvalue weighted by atomic mass is 10.2. The minimum Gasteiger partial charge on any atom is -0.497 e. The summed E-state index contributed by atoms with van der Waals surface area (Å²) in [7, 11) is 1.64. The molecule has 1 heterocycles. The number of hydrogen-bond donors (Lipinski definition) is 1. The number of rotatable bonds is 3. The first-order chi connectivity index (χ1) is 7.38. The Balaban J connectivity index is 2.11. The second-order valence-electron chi connectivity index (χ2n) is 2.94. The first-order valence-corrected chi connectivity index (χ1v) is 4.56. The number of nitrogens with zero attached hydrogens (tertiary/aromatic N) is 2. The Morgan fingerprint density at radius 3 is 2.73 bits per heavy atom. The van der Waals surface area contributed by atoms with Gasteiger partial charge in [-0.3, -0.25) is 0 Å². The predicted molar refractivity (Wildman–Crippen MR) is 58.8 cm³/mol. The number of ether oxygens (including phenoxy) is 1. The molecule has 1 aromatic carbocycles. The Morgan fingerprint density at radius 1 is 1.33 bits per heavy atom. The molecule has 0 bridgehead atoms. The Bertz CT molecular complexity index is 431. The highest BCUT2D eigenvalue weighted by atomic mass is 16.5. The Kier molecular flexibility index (Phi) is 2.78. The van der Waals surface area contributed by atoms with Gasteiger partial charge in [-0.2, -0.15) is 0 Å². The summed E-state index contributed by atoms with van der Waals surface area (Å²) in [5.41, 5.74) is 1.01. The van der Waals surface area contributed by atoms with Gasteiger partial charge in [0, 0.05) is 18.6 Å². The summed E-state index contributed by atoms with van der Waals surface area (Å²) >= 11 is 0. The van der Waals surface area contributed by atoms with Gasteiger partial charge in [-0.1, -0.05) is 0 Å². The van der Waals surface area contributed by atoms with Gasteiger partial charge < -0.3 is 9.72 Å². The Labute approximate surface area is 87.7 Å². The van der Waals surface area contributed by atoms with Crippen LogP contribution in [-0.4, -0.2) is 23.3 Å². The van der Waals surface area contributed by atoms with Crippen molar-refractivity contribution in [3.8, 4) is 5.75 Å². The minimum absolute atomic E-state index is 0.603. The first kappa shape index (κ1) is 9.45. The number of H-pyrrole nitrogens is 1. The number of imidazole rings is 1. The fraction of sp³-hybridized carbons (Fsp3) is 0.0909. The van der Waals surface area contributed by atoms with Crippen LogP contribution >= 0.6 is 0 Å². The number of aromatic amines is 1. The van der Waals surface area contributed by atoms with E-state index in [1.165, 1.54) is 0 Å². The third-order valence-corrected chi connectivity index (χ3v) is 1.94. The third kappa shape index (κ3) is 2.43. The molecule has 0 aliphatic heterocycles. The Morgan fingerprint density at radius 2 is 2.13 bits per heavy atom. The van der Waals surface area contributed by atoms with Crippen molar-refractivity contribution in [2.75, 3.05) is 7.11 Å². The van der Waals surface area contributed by atoms with E-state index >= 15 is 0 Å². The first-order valence-electron chi connectivity index (χ1n) is 4.56.